The van der Waals surface area contributed by atoms with Crippen LogP contribution in [0, 0.1) is 11.3 Å². The molecular weight excluding hydrogens is 450 g/mol. The molecule has 3 rings (SSSR count). The van der Waals surface area contributed by atoms with E-state index in [4.69, 9.17) is 17.3 Å². The zero-order valence-electron chi connectivity index (χ0n) is 16.3. The first-order valence-corrected chi connectivity index (χ1v) is 9.74. The topological polar surface area (TPSA) is 80.5 Å². The number of rotatable bonds is 7. The lowest BCUT2D eigenvalue weighted by molar-refractivity contribution is -0.136. The third kappa shape index (κ3) is 6.20. The second-order valence-corrected chi connectivity index (χ2v) is 7.10. The smallest absolute Gasteiger partial charge is 0.326 e. The maximum atomic E-state index is 12.6. The Balaban J connectivity index is 0.00000341. The van der Waals surface area contributed by atoms with E-state index in [1.165, 1.54) is 0 Å². The van der Waals surface area contributed by atoms with Gasteiger partial charge in [-0.15, -0.1) is 24.0 Å². The Kier molecular flexibility index (Phi) is 8.45. The summed E-state index contributed by atoms with van der Waals surface area (Å²) in [4.78, 5) is 4.03. The summed E-state index contributed by atoms with van der Waals surface area (Å²) in [7, 11) is 0. The average molecular weight is 470 g/mol. The van der Waals surface area contributed by atoms with E-state index in [0.29, 0.717) is 22.5 Å². The van der Waals surface area contributed by atoms with Gasteiger partial charge in [0.15, 0.2) is 0 Å². The fourth-order valence-corrected chi connectivity index (χ4v) is 3.48. The highest BCUT2D eigenvalue weighted by atomic mass is 35.5. The molecule has 0 unspecified atom stereocenters. The number of pyridine rings is 1. The molecule has 0 bridgehead atoms. The number of halogens is 5. The van der Waals surface area contributed by atoms with Gasteiger partial charge in [0.25, 0.3) is 0 Å². The molecule has 0 saturated heterocycles. The average Bonchev–Trinajstić information content (AvgIpc) is 3.10. The van der Waals surface area contributed by atoms with Gasteiger partial charge in [0.1, 0.15) is 5.69 Å². The summed E-state index contributed by atoms with van der Waals surface area (Å²) < 4.78 is 39.2. The zero-order valence-corrected chi connectivity index (χ0v) is 17.9. The molecule has 0 amide bonds. The monoisotopic (exact) mass is 469 g/mol. The van der Waals surface area contributed by atoms with Crippen LogP contribution < -0.4 is 5.73 Å². The van der Waals surface area contributed by atoms with Crippen LogP contribution in [0.25, 0.3) is 22.4 Å². The molecule has 0 aliphatic heterocycles. The molecule has 2 N–H and O–H groups in total. The van der Waals surface area contributed by atoms with Crippen molar-refractivity contribution in [2.75, 3.05) is 0 Å². The Bertz CT molecular complexity index is 1050. The van der Waals surface area contributed by atoms with Crippen LogP contribution in [-0.2, 0) is 12.4 Å². The summed E-state index contributed by atoms with van der Waals surface area (Å²) in [6, 6.07) is 11.9. The summed E-state index contributed by atoms with van der Waals surface area (Å²) >= 11 is 6.23. The maximum absolute atomic E-state index is 12.6. The van der Waals surface area contributed by atoms with Crippen molar-refractivity contribution < 1.29 is 13.2 Å². The van der Waals surface area contributed by atoms with Crippen molar-refractivity contribution >= 4 is 24.0 Å². The predicted molar refractivity (Wildman–Crippen MR) is 116 cm³/mol. The molecule has 0 aliphatic carbocycles. The SMILES string of the molecule is Cl.N#Cc1cccc(-c2nn(C[C@@H](N)CCC(F)(F)F)c(CCl)c2-c2ccncc2)c1. The summed E-state index contributed by atoms with van der Waals surface area (Å²) in [5.41, 5.74) is 9.91. The van der Waals surface area contributed by atoms with Gasteiger partial charge in [-0.05, 0) is 36.2 Å². The molecule has 2 heterocycles. The molecule has 164 valence electrons. The maximum Gasteiger partial charge on any atom is 0.389 e. The van der Waals surface area contributed by atoms with Gasteiger partial charge in [0.05, 0.1) is 29.8 Å². The first-order chi connectivity index (χ1) is 14.3. The molecule has 31 heavy (non-hydrogen) atoms. The number of hydrogen-bond acceptors (Lipinski definition) is 4. The van der Waals surface area contributed by atoms with Crippen LogP contribution in [-0.4, -0.2) is 27.0 Å². The summed E-state index contributed by atoms with van der Waals surface area (Å²) in [6.07, 6.45) is -2.17. The van der Waals surface area contributed by atoms with Crippen molar-refractivity contribution in [1.29, 1.82) is 5.26 Å². The molecule has 0 saturated carbocycles. The fourth-order valence-electron chi connectivity index (χ4n) is 3.21. The highest BCUT2D eigenvalue weighted by molar-refractivity contribution is 6.17. The van der Waals surface area contributed by atoms with Crippen molar-refractivity contribution in [1.82, 2.24) is 14.8 Å². The van der Waals surface area contributed by atoms with E-state index in [1.54, 1.807) is 47.4 Å². The highest BCUT2D eigenvalue weighted by Crippen LogP contribution is 2.36. The quantitative estimate of drug-likeness (QED) is 0.475. The molecule has 5 nitrogen and oxygen atoms in total. The van der Waals surface area contributed by atoms with Crippen LogP contribution in [0.2, 0.25) is 0 Å². The van der Waals surface area contributed by atoms with Gasteiger partial charge in [0, 0.05) is 36.0 Å². The molecule has 2 aromatic heterocycles. The number of nitriles is 1. The van der Waals surface area contributed by atoms with E-state index in [2.05, 4.69) is 16.2 Å². The third-order valence-electron chi connectivity index (χ3n) is 4.62. The number of hydrogen-bond donors (Lipinski definition) is 1. The van der Waals surface area contributed by atoms with Gasteiger partial charge in [-0.2, -0.15) is 23.5 Å². The number of aromatic nitrogens is 3. The first-order valence-electron chi connectivity index (χ1n) is 9.21. The molecular formula is C21H20Cl2F3N5. The van der Waals surface area contributed by atoms with Gasteiger partial charge >= 0.3 is 6.18 Å². The minimum atomic E-state index is -4.26. The number of benzene rings is 1. The van der Waals surface area contributed by atoms with Crippen molar-refractivity contribution in [3.63, 3.8) is 0 Å². The number of nitrogens with two attached hydrogens (primary N) is 1. The number of alkyl halides is 4. The Morgan fingerprint density at radius 1 is 1.16 bits per heavy atom. The molecule has 1 aromatic carbocycles. The first kappa shape index (κ1) is 24.7. The summed E-state index contributed by atoms with van der Waals surface area (Å²) in [5, 5.41) is 13.9. The van der Waals surface area contributed by atoms with E-state index in [9.17, 15) is 18.4 Å². The highest BCUT2D eigenvalue weighted by Gasteiger charge is 2.28. The lowest BCUT2D eigenvalue weighted by Crippen LogP contribution is -2.29. The lowest BCUT2D eigenvalue weighted by atomic mass is 9.99. The van der Waals surface area contributed by atoms with E-state index >= 15 is 0 Å². The molecule has 0 aliphatic rings. The van der Waals surface area contributed by atoms with Crippen LogP contribution in [0.4, 0.5) is 13.2 Å². The van der Waals surface area contributed by atoms with Gasteiger partial charge in [-0.3, -0.25) is 9.67 Å². The van der Waals surface area contributed by atoms with E-state index in [1.807, 2.05) is 6.07 Å². The van der Waals surface area contributed by atoms with Crippen LogP contribution in [0.3, 0.4) is 0 Å². The van der Waals surface area contributed by atoms with Crippen LogP contribution >= 0.6 is 24.0 Å². The molecule has 10 heteroatoms. The van der Waals surface area contributed by atoms with E-state index in [-0.39, 0.29) is 31.3 Å². The Hall–Kier alpha value is -2.60. The second kappa shape index (κ2) is 10.6. The number of nitrogens with zero attached hydrogens (tertiary/aromatic N) is 4. The molecule has 0 spiro atoms. The van der Waals surface area contributed by atoms with Gasteiger partial charge in [-0.25, -0.2) is 0 Å². The van der Waals surface area contributed by atoms with Crippen LogP contribution in [0.5, 0.6) is 0 Å². The fraction of sp³-hybridized carbons (Fsp3) is 0.286. The van der Waals surface area contributed by atoms with E-state index < -0.39 is 18.6 Å². The largest absolute Gasteiger partial charge is 0.389 e. The van der Waals surface area contributed by atoms with Crippen LogP contribution in [0.1, 0.15) is 24.1 Å². The minimum Gasteiger partial charge on any atom is -0.326 e. The second-order valence-electron chi connectivity index (χ2n) is 6.83. The zero-order chi connectivity index (χ0) is 21.7. The minimum absolute atomic E-state index is 0. The van der Waals surface area contributed by atoms with Crippen LogP contribution in [0.15, 0.2) is 48.8 Å². The normalized spacial score (nSPS) is 12.1. The summed E-state index contributed by atoms with van der Waals surface area (Å²) in [5.74, 6) is 0.0919. The van der Waals surface area contributed by atoms with E-state index in [0.717, 1.165) is 11.1 Å². The van der Waals surface area contributed by atoms with Crippen molar-refractivity contribution in [2.45, 2.75) is 37.5 Å². The van der Waals surface area contributed by atoms with Crippen molar-refractivity contribution in [3.8, 4) is 28.5 Å². The third-order valence-corrected chi connectivity index (χ3v) is 4.88. The molecule has 3 aromatic rings. The summed E-state index contributed by atoms with van der Waals surface area (Å²) in [6.45, 7) is 0.0914. The van der Waals surface area contributed by atoms with Gasteiger partial charge < -0.3 is 5.73 Å². The van der Waals surface area contributed by atoms with Gasteiger partial charge in [0.2, 0.25) is 0 Å². The molecule has 0 fully saturated rings. The Labute approximate surface area is 189 Å². The standard InChI is InChI=1S/C21H19ClF3N5.ClH/c22-11-18-19(15-5-8-28-9-6-15)20(16-3-1-2-14(10-16)12-26)29-30(18)13-17(27)4-7-21(23,24)25;/h1-3,5-6,8-10,17H,4,7,11,13,27H2;1H/t17-;/m0./s1. The predicted octanol–water partition coefficient (Wildman–Crippen LogP) is 5.31. The Morgan fingerprint density at radius 3 is 2.48 bits per heavy atom. The van der Waals surface area contributed by atoms with Crippen molar-refractivity contribution in [3.05, 3.63) is 60.0 Å². The molecule has 0 radical (unpaired) electrons. The molecule has 1 atom stereocenters. The lowest BCUT2D eigenvalue weighted by Gasteiger charge is -2.15. The van der Waals surface area contributed by atoms with Gasteiger partial charge in [-0.1, -0.05) is 12.1 Å². The Morgan fingerprint density at radius 2 is 1.87 bits per heavy atom. The van der Waals surface area contributed by atoms with Crippen molar-refractivity contribution in [2.24, 2.45) is 5.73 Å².